The van der Waals surface area contributed by atoms with E-state index in [0.29, 0.717) is 0 Å². The maximum absolute atomic E-state index is 13.6. The Hall–Kier alpha value is -1.77. The predicted octanol–water partition coefficient (Wildman–Crippen LogP) is 7.22. The van der Waals surface area contributed by atoms with Gasteiger partial charge in [-0.2, -0.15) is 26.3 Å². The highest BCUT2D eigenvalue weighted by Gasteiger charge is 2.50. The molecule has 0 aliphatic heterocycles. The minimum Gasteiger partial charge on any atom is -0.207 e. The summed E-state index contributed by atoms with van der Waals surface area (Å²) in [5.74, 6) is -1.58. The second-order valence-electron chi connectivity index (χ2n) is 5.98. The third-order valence-electron chi connectivity index (χ3n) is 3.90. The summed E-state index contributed by atoms with van der Waals surface area (Å²) in [6.45, 7) is 2.40. The molecule has 0 fully saturated rings. The number of thioether (sulfide) groups is 1. The maximum atomic E-state index is 13.6. The van der Waals surface area contributed by atoms with Gasteiger partial charge in [0.15, 0.2) is 0 Å². The monoisotopic (exact) mass is 414 g/mol. The molecule has 0 spiro atoms. The lowest BCUT2D eigenvalue weighted by Crippen LogP contribution is -2.25. The van der Waals surface area contributed by atoms with Crippen molar-refractivity contribution in [1.82, 2.24) is 0 Å². The molecular weight excluding hydrogens is 400 g/mol. The smallest absolute Gasteiger partial charge is 0.207 e. The highest BCUT2D eigenvalue weighted by Crippen LogP contribution is 2.55. The minimum atomic E-state index is -5.01. The van der Waals surface area contributed by atoms with Crippen LogP contribution in [-0.4, -0.2) is 12.4 Å². The minimum absolute atomic E-state index is 0.110. The number of benzene rings is 2. The van der Waals surface area contributed by atoms with Gasteiger partial charge in [-0.05, 0) is 60.4 Å². The second-order valence-corrected chi connectivity index (χ2v) is 7.20. The van der Waals surface area contributed by atoms with E-state index in [1.165, 1.54) is 13.8 Å². The van der Waals surface area contributed by atoms with Crippen LogP contribution in [0.3, 0.4) is 0 Å². The first-order valence-electron chi connectivity index (χ1n) is 7.61. The van der Waals surface area contributed by atoms with E-state index in [-0.39, 0.29) is 22.9 Å². The van der Waals surface area contributed by atoms with Gasteiger partial charge in [-0.3, -0.25) is 0 Å². The fourth-order valence-corrected chi connectivity index (χ4v) is 4.06. The number of halogens is 8. The summed E-state index contributed by atoms with van der Waals surface area (Å²) >= 11 is -0.345. The molecule has 2 aromatic rings. The van der Waals surface area contributed by atoms with Gasteiger partial charge in [0.25, 0.3) is 0 Å². The Morgan fingerprint density at radius 3 is 1.26 bits per heavy atom. The zero-order valence-corrected chi connectivity index (χ0v) is 14.9. The van der Waals surface area contributed by atoms with E-state index in [0.717, 1.165) is 36.4 Å². The van der Waals surface area contributed by atoms with E-state index in [1.807, 2.05) is 0 Å². The molecule has 0 nitrogen and oxygen atoms in total. The van der Waals surface area contributed by atoms with Gasteiger partial charge in [0.05, 0.1) is 0 Å². The lowest BCUT2D eigenvalue weighted by molar-refractivity contribution is -0.136. The number of hydrogen-bond donors (Lipinski definition) is 0. The molecule has 2 unspecified atom stereocenters. The Bertz CT molecular complexity index is 742. The van der Waals surface area contributed by atoms with Crippen LogP contribution in [-0.2, 0) is 0 Å². The Kier molecular flexibility index (Phi) is 6.13. The Morgan fingerprint density at radius 1 is 0.667 bits per heavy atom. The van der Waals surface area contributed by atoms with Gasteiger partial charge in [0.1, 0.15) is 22.1 Å². The average Bonchev–Trinajstić information content (AvgIpc) is 2.48. The molecular formula is C18H14F8S. The molecule has 27 heavy (non-hydrogen) atoms. The fourth-order valence-electron chi connectivity index (χ4n) is 2.66. The number of alkyl halides is 6. The molecule has 0 aromatic heterocycles. The topological polar surface area (TPSA) is 0 Å². The molecule has 0 amide bonds. The molecule has 2 aromatic carbocycles. The fraction of sp³-hybridized carbons (Fsp3) is 0.333. The summed E-state index contributed by atoms with van der Waals surface area (Å²) < 4.78 is 108. The summed E-state index contributed by atoms with van der Waals surface area (Å²) in [7, 11) is 0. The molecule has 0 aliphatic carbocycles. The standard InChI is InChI=1S/C18H14F8S/c1-9-7-11(19)3-5-13(9)15(17(21,22)23)27-16(18(24,25)26)14-6-4-12(20)8-10(14)2/h3-8,15-16H,1-2H3. The number of aryl methyl sites for hydroxylation is 2. The molecule has 0 radical (unpaired) electrons. The first-order chi connectivity index (χ1) is 12.3. The van der Waals surface area contributed by atoms with Crippen LogP contribution in [0.1, 0.15) is 32.8 Å². The normalized spacial score (nSPS) is 14.9. The van der Waals surface area contributed by atoms with Crippen LogP contribution in [0.15, 0.2) is 36.4 Å². The largest absolute Gasteiger partial charge is 0.404 e. The van der Waals surface area contributed by atoms with Crippen LogP contribution >= 0.6 is 11.8 Å². The molecule has 9 heteroatoms. The SMILES string of the molecule is Cc1cc(F)ccc1C(SC(c1ccc(F)cc1C)C(F)(F)F)C(F)(F)F. The van der Waals surface area contributed by atoms with E-state index in [4.69, 9.17) is 0 Å². The van der Waals surface area contributed by atoms with E-state index >= 15 is 0 Å². The Morgan fingerprint density at radius 2 is 1.00 bits per heavy atom. The number of rotatable bonds is 4. The van der Waals surface area contributed by atoms with Crippen molar-refractivity contribution in [2.45, 2.75) is 36.7 Å². The van der Waals surface area contributed by atoms with Crippen LogP contribution in [0.5, 0.6) is 0 Å². The van der Waals surface area contributed by atoms with Crippen molar-refractivity contribution in [3.8, 4) is 0 Å². The van der Waals surface area contributed by atoms with Crippen molar-refractivity contribution in [2.24, 2.45) is 0 Å². The van der Waals surface area contributed by atoms with Crippen molar-refractivity contribution in [3.63, 3.8) is 0 Å². The van der Waals surface area contributed by atoms with Crippen LogP contribution in [0, 0.1) is 25.5 Å². The van der Waals surface area contributed by atoms with Crippen LogP contribution in [0.2, 0.25) is 0 Å². The van der Waals surface area contributed by atoms with Gasteiger partial charge >= 0.3 is 12.4 Å². The molecule has 0 N–H and O–H groups in total. The summed E-state index contributed by atoms with van der Waals surface area (Å²) in [5, 5.41) is -5.07. The van der Waals surface area contributed by atoms with Gasteiger partial charge in [-0.25, -0.2) is 8.78 Å². The van der Waals surface area contributed by atoms with Gasteiger partial charge in [-0.15, -0.1) is 11.8 Å². The Labute approximate surface area is 154 Å². The molecule has 2 rings (SSSR count). The van der Waals surface area contributed by atoms with Crippen molar-refractivity contribution >= 4 is 11.8 Å². The lowest BCUT2D eigenvalue weighted by atomic mass is 10.0. The molecule has 0 saturated carbocycles. The quantitative estimate of drug-likeness (QED) is 0.476. The van der Waals surface area contributed by atoms with Gasteiger partial charge in [0.2, 0.25) is 0 Å². The van der Waals surface area contributed by atoms with E-state index < -0.39 is 45.6 Å². The molecule has 0 saturated heterocycles. The second kappa shape index (κ2) is 7.69. The summed E-state index contributed by atoms with van der Waals surface area (Å²) in [6.07, 6.45) is -10.0. The zero-order chi connectivity index (χ0) is 20.6. The Balaban J connectivity index is 2.54. The molecule has 2 atom stereocenters. The first kappa shape index (κ1) is 21.5. The van der Waals surface area contributed by atoms with Crippen molar-refractivity contribution in [3.05, 3.63) is 70.3 Å². The zero-order valence-electron chi connectivity index (χ0n) is 14.1. The lowest BCUT2D eigenvalue weighted by Gasteiger charge is -2.29. The van der Waals surface area contributed by atoms with Crippen molar-refractivity contribution in [2.75, 3.05) is 0 Å². The third kappa shape index (κ3) is 5.15. The highest BCUT2D eigenvalue weighted by molar-refractivity contribution is 7.99. The van der Waals surface area contributed by atoms with Crippen molar-refractivity contribution in [1.29, 1.82) is 0 Å². The van der Waals surface area contributed by atoms with Crippen LogP contribution in [0.25, 0.3) is 0 Å². The van der Waals surface area contributed by atoms with Crippen LogP contribution in [0.4, 0.5) is 35.1 Å². The summed E-state index contributed by atoms with van der Waals surface area (Å²) in [5.41, 5.74) is -1.13. The molecule has 0 bridgehead atoms. The molecule has 0 heterocycles. The van der Waals surface area contributed by atoms with Crippen LogP contribution < -0.4 is 0 Å². The predicted molar refractivity (Wildman–Crippen MR) is 87.5 cm³/mol. The molecule has 148 valence electrons. The van der Waals surface area contributed by atoms with E-state index in [1.54, 1.807) is 0 Å². The van der Waals surface area contributed by atoms with Crippen molar-refractivity contribution < 1.29 is 35.1 Å². The van der Waals surface area contributed by atoms with E-state index in [2.05, 4.69) is 0 Å². The average molecular weight is 414 g/mol. The maximum Gasteiger partial charge on any atom is 0.404 e. The van der Waals surface area contributed by atoms with Gasteiger partial charge in [-0.1, -0.05) is 12.1 Å². The summed E-state index contributed by atoms with van der Waals surface area (Å²) in [6, 6.07) is 4.88. The van der Waals surface area contributed by atoms with Gasteiger partial charge < -0.3 is 0 Å². The first-order valence-corrected chi connectivity index (χ1v) is 8.56. The highest BCUT2D eigenvalue weighted by atomic mass is 32.2. The van der Waals surface area contributed by atoms with E-state index in [9.17, 15) is 35.1 Å². The molecule has 0 aliphatic rings. The number of hydrogen-bond acceptors (Lipinski definition) is 1. The summed E-state index contributed by atoms with van der Waals surface area (Å²) in [4.78, 5) is 0. The third-order valence-corrected chi connectivity index (χ3v) is 5.48. The van der Waals surface area contributed by atoms with Gasteiger partial charge in [0, 0.05) is 0 Å².